The maximum atomic E-state index is 12.8. The second-order valence-corrected chi connectivity index (χ2v) is 11.7. The molecule has 3 atom stereocenters. The van der Waals surface area contributed by atoms with E-state index in [2.05, 4.69) is 34.8 Å². The number of benzene rings is 1. The van der Waals surface area contributed by atoms with Crippen LogP contribution in [0, 0.1) is 12.3 Å². The van der Waals surface area contributed by atoms with Crippen LogP contribution in [0.25, 0.3) is 0 Å². The van der Waals surface area contributed by atoms with Crippen molar-refractivity contribution in [3.05, 3.63) is 51.1 Å². The summed E-state index contributed by atoms with van der Waals surface area (Å²) >= 11 is -0.0533. The third kappa shape index (κ3) is 5.17. The lowest BCUT2D eigenvalue weighted by Gasteiger charge is -2.26. The van der Waals surface area contributed by atoms with Gasteiger partial charge in [-0.15, -0.1) is 15.7 Å². The summed E-state index contributed by atoms with van der Waals surface area (Å²) in [4.78, 5) is 21.5. The fourth-order valence-electron chi connectivity index (χ4n) is 3.90. The third-order valence-electron chi connectivity index (χ3n) is 5.66. The van der Waals surface area contributed by atoms with Gasteiger partial charge in [0.25, 0.3) is 5.91 Å². The number of para-hydroxylation sites is 1. The van der Waals surface area contributed by atoms with Gasteiger partial charge in [0.05, 0.1) is 23.4 Å². The predicted octanol–water partition coefficient (Wildman–Crippen LogP) is 3.85. The number of thiophene rings is 1. The highest BCUT2D eigenvalue weighted by molar-refractivity contribution is 7.14. The molecule has 0 bridgehead atoms. The van der Waals surface area contributed by atoms with Crippen LogP contribution >= 0.6 is 22.5 Å². The van der Waals surface area contributed by atoms with Crippen LogP contribution in [-0.4, -0.2) is 53.5 Å². The lowest BCUT2D eigenvalue weighted by Crippen LogP contribution is -2.29. The van der Waals surface area contributed by atoms with E-state index in [0.29, 0.717) is 18.5 Å². The van der Waals surface area contributed by atoms with E-state index in [1.165, 1.54) is 15.8 Å². The highest BCUT2D eigenvalue weighted by atomic mass is 32.2. The summed E-state index contributed by atoms with van der Waals surface area (Å²) in [5.41, 5.74) is 0.475. The zero-order valence-corrected chi connectivity index (χ0v) is 21.2. The number of phenols is 1. The molecule has 1 amide bonds. The van der Waals surface area contributed by atoms with Gasteiger partial charge in [-0.3, -0.25) is 9.79 Å². The number of amides is 1. The van der Waals surface area contributed by atoms with Gasteiger partial charge < -0.3 is 25.0 Å². The second kappa shape index (κ2) is 9.49. The summed E-state index contributed by atoms with van der Waals surface area (Å²) in [5, 5.41) is 23.6. The van der Waals surface area contributed by atoms with Gasteiger partial charge in [0, 0.05) is 27.2 Å². The summed E-state index contributed by atoms with van der Waals surface area (Å²) < 4.78 is 19.1. The minimum absolute atomic E-state index is 0.117. The number of aliphatic hydroxyl groups is 1. The van der Waals surface area contributed by atoms with Gasteiger partial charge in [0.2, 0.25) is 11.3 Å². The molecule has 1 saturated heterocycles. The molecular formula is C23H29N5O4S2. The number of carbonyl (C=O) groups is 1. The molecule has 3 aromatic rings. The average Bonchev–Trinajstić information content (AvgIpc) is 3.46. The van der Waals surface area contributed by atoms with Crippen LogP contribution in [0.2, 0.25) is 0 Å². The molecule has 2 unspecified atom stereocenters. The number of likely N-dealkylation sites (tertiary alicyclic amines) is 1. The lowest BCUT2D eigenvalue weighted by atomic mass is 9.86. The van der Waals surface area contributed by atoms with E-state index < -0.39 is 17.2 Å². The zero-order chi connectivity index (χ0) is 24.6. The highest BCUT2D eigenvalue weighted by Crippen LogP contribution is 2.39. The van der Waals surface area contributed by atoms with Gasteiger partial charge in [-0.2, -0.15) is 0 Å². The van der Waals surface area contributed by atoms with E-state index in [1.807, 2.05) is 19.1 Å². The maximum Gasteiger partial charge on any atom is 0.257 e. The Kier molecular flexibility index (Phi) is 6.81. The van der Waals surface area contributed by atoms with E-state index in [1.54, 1.807) is 23.5 Å². The van der Waals surface area contributed by atoms with Gasteiger partial charge >= 0.3 is 0 Å². The molecule has 1 fully saturated rings. The molecule has 0 spiro atoms. The number of carbonyl (C=O) groups excluding carboxylic acids is 1. The Balaban J connectivity index is 1.68. The summed E-state index contributed by atoms with van der Waals surface area (Å²) in [5.74, 6) is -0.380. The first-order valence-electron chi connectivity index (χ1n) is 11.0. The molecule has 34 heavy (non-hydrogen) atoms. The lowest BCUT2D eigenvalue weighted by molar-refractivity contribution is 0.0762. The van der Waals surface area contributed by atoms with Crippen molar-refractivity contribution in [1.29, 1.82) is 0 Å². The number of nitrogens with zero attached hydrogens (tertiary/aromatic N) is 3. The van der Waals surface area contributed by atoms with Gasteiger partial charge in [0.1, 0.15) is 0 Å². The van der Waals surface area contributed by atoms with Crippen LogP contribution in [0.3, 0.4) is 0 Å². The minimum atomic E-state index is -1.71. The highest BCUT2D eigenvalue weighted by Gasteiger charge is 2.29. The van der Waals surface area contributed by atoms with Gasteiger partial charge in [-0.25, -0.2) is 0 Å². The van der Waals surface area contributed by atoms with Crippen molar-refractivity contribution in [1.82, 2.24) is 13.6 Å². The van der Waals surface area contributed by atoms with E-state index in [-0.39, 0.29) is 46.7 Å². The number of anilines is 2. The Morgan fingerprint density at radius 1 is 1.38 bits per heavy atom. The van der Waals surface area contributed by atoms with E-state index in [9.17, 15) is 19.6 Å². The normalized spacial score (nSPS) is 18.4. The Labute approximate surface area is 204 Å². The summed E-state index contributed by atoms with van der Waals surface area (Å²) in [6.07, 6.45) is -0.0416. The third-order valence-corrected chi connectivity index (χ3v) is 7.43. The van der Waals surface area contributed by atoms with Gasteiger partial charge in [-0.05, 0) is 43.0 Å². The standard InChI is InChI=1S/C23H29N5O4S2/c1-13-8-9-17(33-13)19(23(2,3)4)25-21-20(26-34(32)27-21)24-16-7-5-6-15(18(16)30)22(31)28-11-10-14(29)12-28/h5-9,14,19,29-30H,10-12H2,1-4H3,(H,24,26)(H,25,27)/t14-,19?,34?/m1/s1. The Bertz CT molecular complexity index is 1260. The molecule has 2 aromatic heterocycles. The van der Waals surface area contributed by atoms with Crippen LogP contribution in [0.1, 0.15) is 53.3 Å². The van der Waals surface area contributed by atoms with Gasteiger partial charge in [-0.1, -0.05) is 26.8 Å². The van der Waals surface area contributed by atoms with Crippen molar-refractivity contribution in [2.45, 2.75) is 46.3 Å². The van der Waals surface area contributed by atoms with Crippen molar-refractivity contribution in [2.24, 2.45) is 10.4 Å². The molecule has 1 aliphatic rings. The van der Waals surface area contributed by atoms with E-state index in [4.69, 9.17) is 4.99 Å². The number of hydrogen-bond donors (Lipinski definition) is 4. The summed E-state index contributed by atoms with van der Waals surface area (Å²) in [7, 11) is 0. The van der Waals surface area contributed by atoms with Crippen LogP contribution < -0.4 is 10.8 Å². The number of aryl methyl sites for hydroxylation is 1. The number of β-amino-alcohol motifs (C(OH)–C–C–N with tert-alkyl or cyclic N) is 1. The van der Waals surface area contributed by atoms with Crippen molar-refractivity contribution in [2.75, 3.05) is 18.4 Å². The Morgan fingerprint density at radius 2 is 2.15 bits per heavy atom. The number of hydrogen-bond acceptors (Lipinski definition) is 8. The molecular weight excluding hydrogens is 474 g/mol. The number of aromatic nitrogens is 2. The molecule has 4 N–H and O–H groups in total. The van der Waals surface area contributed by atoms with E-state index in [0.717, 1.165) is 4.88 Å². The first-order valence-corrected chi connectivity index (χ1v) is 12.9. The minimum Gasteiger partial charge on any atom is -0.548 e. The molecule has 0 radical (unpaired) electrons. The number of nitrogens with one attached hydrogen (secondary N) is 2. The van der Waals surface area contributed by atoms with E-state index >= 15 is 0 Å². The summed E-state index contributed by atoms with van der Waals surface area (Å²) in [6, 6.07) is 8.67. The smallest absolute Gasteiger partial charge is 0.257 e. The Morgan fingerprint density at radius 3 is 2.76 bits per heavy atom. The number of phenolic OH excluding ortho intramolecular Hbond substituents is 1. The van der Waals surface area contributed by atoms with Crippen molar-refractivity contribution < 1.29 is 19.6 Å². The van der Waals surface area contributed by atoms with Crippen molar-refractivity contribution in [3.8, 4) is 5.75 Å². The fraction of sp³-hybridized carbons (Fsp3) is 0.435. The van der Waals surface area contributed by atoms with Crippen molar-refractivity contribution in [3.63, 3.8) is 0 Å². The number of aromatic hydroxyl groups is 1. The van der Waals surface area contributed by atoms with Crippen LogP contribution in [0.15, 0.2) is 35.3 Å². The van der Waals surface area contributed by atoms with Crippen LogP contribution in [-0.2, 0) is 0 Å². The molecule has 11 heteroatoms. The maximum absolute atomic E-state index is 12.8. The molecule has 0 saturated carbocycles. The molecule has 3 heterocycles. The molecule has 0 aliphatic carbocycles. The first kappa shape index (κ1) is 24.4. The zero-order valence-electron chi connectivity index (χ0n) is 19.5. The number of aliphatic hydroxyl groups excluding tert-OH is 1. The quantitative estimate of drug-likeness (QED) is 0.308. The monoisotopic (exact) mass is 503 g/mol. The van der Waals surface area contributed by atoms with Gasteiger partial charge in [0.15, 0.2) is 16.9 Å². The molecule has 1 aromatic carbocycles. The largest absolute Gasteiger partial charge is 0.548 e. The predicted molar refractivity (Wildman–Crippen MR) is 132 cm³/mol. The molecule has 182 valence electrons. The fourth-order valence-corrected chi connectivity index (χ4v) is 5.72. The van der Waals surface area contributed by atoms with Crippen LogP contribution in [0.5, 0.6) is 5.75 Å². The number of aromatic amines is 1. The van der Waals surface area contributed by atoms with Crippen LogP contribution in [0.4, 0.5) is 11.5 Å². The first-order chi connectivity index (χ1) is 16.0. The average molecular weight is 504 g/mol. The molecule has 4 rings (SSSR count). The SMILES string of the molecule is Cc1ccc(C(N=c2[nH][s+]([O-])nc2Nc2cccc(C(=O)N3CC[C@@H](O)C3)c2O)C(C)(C)C)s1. The molecule has 1 aliphatic heterocycles. The summed E-state index contributed by atoms with van der Waals surface area (Å²) in [6.45, 7) is 8.96. The molecule has 9 nitrogen and oxygen atoms in total. The number of H-pyrrole nitrogens is 1. The topological polar surface area (TPSA) is 137 Å². The van der Waals surface area contributed by atoms with Crippen molar-refractivity contribution >= 4 is 39.9 Å². The Hall–Kier alpha value is -2.73. The number of rotatable bonds is 5. The second-order valence-electron chi connectivity index (χ2n) is 9.51.